The van der Waals surface area contributed by atoms with Crippen molar-refractivity contribution in [3.05, 3.63) is 46.7 Å². The zero-order valence-electron chi connectivity index (χ0n) is 13.7. The average Bonchev–Trinajstić information content (AvgIpc) is 3.27. The molecule has 4 rings (SSSR count). The summed E-state index contributed by atoms with van der Waals surface area (Å²) in [6.45, 7) is 4.08. The second-order valence-corrected chi connectivity index (χ2v) is 7.45. The summed E-state index contributed by atoms with van der Waals surface area (Å²) in [5.41, 5.74) is 1.14. The van der Waals surface area contributed by atoms with E-state index in [1.807, 2.05) is 23.8 Å². The van der Waals surface area contributed by atoms with Gasteiger partial charge in [0.25, 0.3) is 0 Å². The van der Waals surface area contributed by atoms with E-state index in [2.05, 4.69) is 27.0 Å². The highest BCUT2D eigenvalue weighted by molar-refractivity contribution is 7.09. The first-order chi connectivity index (χ1) is 11.9. The highest BCUT2D eigenvalue weighted by atomic mass is 32.1. The van der Waals surface area contributed by atoms with Gasteiger partial charge in [-0.3, -0.25) is 9.88 Å². The molecule has 1 aliphatic carbocycles. The van der Waals surface area contributed by atoms with Crippen LogP contribution in [0.25, 0.3) is 0 Å². The van der Waals surface area contributed by atoms with Gasteiger partial charge in [0.1, 0.15) is 5.01 Å². The van der Waals surface area contributed by atoms with Crippen LogP contribution in [0.3, 0.4) is 0 Å². The Kier molecular flexibility index (Phi) is 5.18. The van der Waals surface area contributed by atoms with Crippen LogP contribution in [-0.4, -0.2) is 46.8 Å². The van der Waals surface area contributed by atoms with Crippen molar-refractivity contribution in [3.8, 4) is 0 Å². The molecule has 128 valence electrons. The molecule has 1 saturated carbocycles. The first-order valence-electron chi connectivity index (χ1n) is 8.62. The summed E-state index contributed by atoms with van der Waals surface area (Å²) >= 11 is 1.65. The summed E-state index contributed by atoms with van der Waals surface area (Å²) in [6, 6.07) is 6.63. The van der Waals surface area contributed by atoms with Crippen molar-refractivity contribution in [2.45, 2.75) is 38.1 Å². The van der Waals surface area contributed by atoms with Crippen molar-refractivity contribution < 1.29 is 9.47 Å². The molecule has 5 nitrogen and oxygen atoms in total. The second kappa shape index (κ2) is 7.70. The molecule has 2 fully saturated rings. The summed E-state index contributed by atoms with van der Waals surface area (Å²) in [4.78, 5) is 11.3. The zero-order valence-corrected chi connectivity index (χ0v) is 14.5. The molecule has 2 aliphatic rings. The molecule has 0 unspecified atom stereocenters. The van der Waals surface area contributed by atoms with Crippen LogP contribution in [0.4, 0.5) is 0 Å². The maximum absolute atomic E-state index is 6.12. The van der Waals surface area contributed by atoms with E-state index in [4.69, 9.17) is 9.47 Å². The Labute approximate surface area is 146 Å². The lowest BCUT2D eigenvalue weighted by molar-refractivity contribution is -0.0894. The smallest absolute Gasteiger partial charge is 0.118 e. The van der Waals surface area contributed by atoms with E-state index in [1.54, 1.807) is 11.3 Å². The molecule has 1 aliphatic heterocycles. The molecule has 0 aromatic carbocycles. The molecular weight excluding hydrogens is 322 g/mol. The Bertz CT molecular complexity index is 622. The summed E-state index contributed by atoms with van der Waals surface area (Å²) in [7, 11) is 0. The molecule has 2 aromatic rings. The van der Waals surface area contributed by atoms with Gasteiger partial charge in [-0.1, -0.05) is 6.07 Å². The number of hydrogen-bond acceptors (Lipinski definition) is 6. The molecule has 24 heavy (non-hydrogen) atoms. The molecular formula is C18H23N3O2S. The Morgan fingerprint density at radius 2 is 2.25 bits per heavy atom. The van der Waals surface area contributed by atoms with Gasteiger partial charge in [-0.2, -0.15) is 0 Å². The van der Waals surface area contributed by atoms with Crippen molar-refractivity contribution in [2.75, 3.05) is 19.8 Å². The van der Waals surface area contributed by atoms with Gasteiger partial charge >= 0.3 is 0 Å². The number of ether oxygens (including phenoxy) is 2. The van der Waals surface area contributed by atoms with Crippen LogP contribution in [0.5, 0.6) is 0 Å². The molecule has 0 radical (unpaired) electrons. The van der Waals surface area contributed by atoms with Gasteiger partial charge in [-0.05, 0) is 25.0 Å². The molecule has 0 N–H and O–H groups in total. The van der Waals surface area contributed by atoms with Gasteiger partial charge in [0, 0.05) is 42.8 Å². The van der Waals surface area contributed by atoms with Crippen molar-refractivity contribution in [3.63, 3.8) is 0 Å². The van der Waals surface area contributed by atoms with Gasteiger partial charge in [0.15, 0.2) is 0 Å². The van der Waals surface area contributed by atoms with E-state index in [9.17, 15) is 0 Å². The fourth-order valence-corrected chi connectivity index (χ4v) is 4.38. The Morgan fingerprint density at radius 3 is 3.08 bits per heavy atom. The van der Waals surface area contributed by atoms with E-state index in [0.29, 0.717) is 24.7 Å². The summed E-state index contributed by atoms with van der Waals surface area (Å²) < 4.78 is 12.0. The number of pyridine rings is 1. The SMILES string of the molecule is c1ccc(CN2CCO[C@@H]3[C@@H](COCc4nccs4)CC[C@@H]32)nc1. The monoisotopic (exact) mass is 345 g/mol. The van der Waals surface area contributed by atoms with Crippen LogP contribution in [-0.2, 0) is 22.6 Å². The second-order valence-electron chi connectivity index (χ2n) is 6.47. The van der Waals surface area contributed by atoms with Gasteiger partial charge in [0.2, 0.25) is 0 Å². The minimum absolute atomic E-state index is 0.291. The standard InChI is InChI=1S/C18H23N3O2S/c1-2-6-19-15(3-1)11-21-8-9-23-18-14(4-5-16(18)21)12-22-13-17-20-7-10-24-17/h1-3,6-7,10,14,16,18H,4-5,8-9,11-13H2/t14-,16+,18-/m1/s1. The Hall–Kier alpha value is -1.34. The van der Waals surface area contributed by atoms with Crippen LogP contribution < -0.4 is 0 Å². The third kappa shape index (κ3) is 3.67. The number of aromatic nitrogens is 2. The minimum atomic E-state index is 0.291. The molecule has 0 spiro atoms. The number of thiazole rings is 1. The van der Waals surface area contributed by atoms with E-state index in [0.717, 1.165) is 37.0 Å². The van der Waals surface area contributed by atoms with Gasteiger partial charge in [-0.25, -0.2) is 4.98 Å². The quantitative estimate of drug-likeness (QED) is 0.806. The van der Waals surface area contributed by atoms with Crippen LogP contribution >= 0.6 is 11.3 Å². The fourth-order valence-electron chi connectivity index (χ4n) is 3.83. The minimum Gasteiger partial charge on any atom is -0.375 e. The number of hydrogen-bond donors (Lipinski definition) is 0. The van der Waals surface area contributed by atoms with Crippen molar-refractivity contribution >= 4 is 11.3 Å². The van der Waals surface area contributed by atoms with Crippen LogP contribution in [0, 0.1) is 5.92 Å². The molecule has 1 saturated heterocycles. The van der Waals surface area contributed by atoms with Gasteiger partial charge in [-0.15, -0.1) is 11.3 Å². The molecule has 3 heterocycles. The number of fused-ring (bicyclic) bond motifs is 1. The van der Waals surface area contributed by atoms with E-state index in [-0.39, 0.29) is 0 Å². The fraction of sp³-hybridized carbons (Fsp3) is 0.556. The number of rotatable bonds is 6. The molecule has 0 amide bonds. The largest absolute Gasteiger partial charge is 0.375 e. The van der Waals surface area contributed by atoms with Crippen LogP contribution in [0.15, 0.2) is 36.0 Å². The lowest BCUT2D eigenvalue weighted by atomic mass is 10.0. The van der Waals surface area contributed by atoms with E-state index in [1.165, 1.54) is 12.8 Å². The highest BCUT2D eigenvalue weighted by Gasteiger charge is 2.42. The Balaban J connectivity index is 1.32. The first-order valence-corrected chi connectivity index (χ1v) is 9.50. The van der Waals surface area contributed by atoms with Gasteiger partial charge in [0.05, 0.1) is 31.6 Å². The Morgan fingerprint density at radius 1 is 1.25 bits per heavy atom. The topological polar surface area (TPSA) is 47.5 Å². The number of morpholine rings is 1. The van der Waals surface area contributed by atoms with E-state index < -0.39 is 0 Å². The summed E-state index contributed by atoms with van der Waals surface area (Å²) in [5, 5.41) is 3.04. The van der Waals surface area contributed by atoms with Gasteiger partial charge < -0.3 is 9.47 Å². The molecule has 6 heteroatoms. The normalized spacial score (nSPS) is 27.2. The predicted octanol–water partition coefficient (Wildman–Crippen LogP) is 2.73. The average molecular weight is 345 g/mol. The molecule has 0 bridgehead atoms. The van der Waals surface area contributed by atoms with Crippen molar-refractivity contribution in [1.29, 1.82) is 0 Å². The van der Waals surface area contributed by atoms with Crippen LogP contribution in [0.2, 0.25) is 0 Å². The molecule has 2 aromatic heterocycles. The third-order valence-electron chi connectivity index (χ3n) is 4.97. The maximum Gasteiger partial charge on any atom is 0.118 e. The highest BCUT2D eigenvalue weighted by Crippen LogP contribution is 2.35. The first kappa shape index (κ1) is 16.1. The number of nitrogens with zero attached hydrogens (tertiary/aromatic N) is 3. The lowest BCUT2D eigenvalue weighted by Crippen LogP contribution is -2.50. The zero-order chi connectivity index (χ0) is 16.2. The molecule has 3 atom stereocenters. The summed E-state index contributed by atoms with van der Waals surface area (Å²) in [6.07, 6.45) is 6.35. The summed E-state index contributed by atoms with van der Waals surface area (Å²) in [5.74, 6) is 0.487. The van der Waals surface area contributed by atoms with Crippen molar-refractivity contribution in [1.82, 2.24) is 14.9 Å². The van der Waals surface area contributed by atoms with Crippen molar-refractivity contribution in [2.24, 2.45) is 5.92 Å². The van der Waals surface area contributed by atoms with E-state index >= 15 is 0 Å². The van der Waals surface area contributed by atoms with Crippen LogP contribution in [0.1, 0.15) is 23.5 Å². The predicted molar refractivity (Wildman–Crippen MR) is 92.7 cm³/mol. The third-order valence-corrected chi connectivity index (χ3v) is 5.72. The maximum atomic E-state index is 6.12. The lowest BCUT2D eigenvalue weighted by Gasteiger charge is -2.39.